The maximum Gasteiger partial charge on any atom is 0.251 e. The third-order valence-corrected chi connectivity index (χ3v) is 3.94. The molecule has 1 amide bonds. The Morgan fingerprint density at radius 2 is 1.50 bits per heavy atom. The summed E-state index contributed by atoms with van der Waals surface area (Å²) in [5.41, 5.74) is 1.18. The molecule has 0 fully saturated rings. The molecule has 114 valence electrons. The first-order chi connectivity index (χ1) is 10.5. The van der Waals surface area contributed by atoms with Gasteiger partial charge in [0.2, 0.25) is 0 Å². The lowest BCUT2D eigenvalue weighted by atomic mass is 9.93. The van der Waals surface area contributed by atoms with Crippen molar-refractivity contribution in [3.8, 4) is 0 Å². The lowest BCUT2D eigenvalue weighted by molar-refractivity contribution is 0.0868. The number of amides is 1. The van der Waals surface area contributed by atoms with Gasteiger partial charge in [-0.25, -0.2) is 0 Å². The summed E-state index contributed by atoms with van der Waals surface area (Å²) < 4.78 is 0. The van der Waals surface area contributed by atoms with Crippen LogP contribution in [-0.2, 0) is 0 Å². The molecule has 4 heteroatoms. The number of Topliss-reactive ketones (excluding diaryl/α,β-unsaturated/α-hetero) is 1. The smallest absolute Gasteiger partial charge is 0.251 e. The predicted octanol–water partition coefficient (Wildman–Crippen LogP) is 3.98. The Balaban J connectivity index is 2.02. The van der Waals surface area contributed by atoms with E-state index in [-0.39, 0.29) is 23.7 Å². The highest BCUT2D eigenvalue weighted by atomic mass is 35.5. The first-order valence-corrected chi connectivity index (χ1v) is 7.52. The molecule has 0 heterocycles. The standard InChI is InChI=1S/C18H18ClNO2/c1-12(17(21)14-8-10-16(19)11-9-14)13(2)20-18(22)15-6-4-3-5-7-15/h3-13H,1-2H3,(H,20,22). The molecule has 22 heavy (non-hydrogen) atoms. The summed E-state index contributed by atoms with van der Waals surface area (Å²) in [5, 5.41) is 3.46. The van der Waals surface area contributed by atoms with E-state index in [9.17, 15) is 9.59 Å². The lowest BCUT2D eigenvalue weighted by Crippen LogP contribution is -2.40. The second-order valence-corrected chi connectivity index (χ2v) is 5.72. The number of hydrogen-bond donors (Lipinski definition) is 1. The van der Waals surface area contributed by atoms with Crippen LogP contribution >= 0.6 is 11.6 Å². The van der Waals surface area contributed by atoms with Crippen molar-refractivity contribution in [2.75, 3.05) is 0 Å². The molecule has 0 radical (unpaired) electrons. The van der Waals surface area contributed by atoms with Gasteiger partial charge in [-0.2, -0.15) is 0 Å². The van der Waals surface area contributed by atoms with Crippen LogP contribution in [0.3, 0.4) is 0 Å². The minimum absolute atomic E-state index is 0.0162. The van der Waals surface area contributed by atoms with Crippen LogP contribution in [0.4, 0.5) is 0 Å². The van der Waals surface area contributed by atoms with E-state index >= 15 is 0 Å². The van der Waals surface area contributed by atoms with Crippen LogP contribution in [0, 0.1) is 5.92 Å². The Morgan fingerprint density at radius 3 is 2.09 bits per heavy atom. The van der Waals surface area contributed by atoms with E-state index in [1.165, 1.54) is 0 Å². The van der Waals surface area contributed by atoms with E-state index < -0.39 is 0 Å². The van der Waals surface area contributed by atoms with Crippen molar-refractivity contribution < 1.29 is 9.59 Å². The molecule has 0 aromatic heterocycles. The highest BCUT2D eigenvalue weighted by Gasteiger charge is 2.23. The molecule has 2 atom stereocenters. The summed E-state index contributed by atoms with van der Waals surface area (Å²) in [6.45, 7) is 3.65. The van der Waals surface area contributed by atoms with Crippen LogP contribution in [0.5, 0.6) is 0 Å². The summed E-state index contributed by atoms with van der Waals surface area (Å²) >= 11 is 5.83. The molecule has 2 rings (SSSR count). The summed E-state index contributed by atoms with van der Waals surface area (Å²) in [5.74, 6) is -0.518. The quantitative estimate of drug-likeness (QED) is 0.848. The molecule has 3 nitrogen and oxygen atoms in total. The molecule has 2 unspecified atom stereocenters. The predicted molar refractivity (Wildman–Crippen MR) is 88.3 cm³/mol. The van der Waals surface area contributed by atoms with Crippen molar-refractivity contribution in [1.29, 1.82) is 0 Å². The normalized spacial score (nSPS) is 13.2. The van der Waals surface area contributed by atoms with Crippen LogP contribution < -0.4 is 5.32 Å². The zero-order chi connectivity index (χ0) is 16.1. The van der Waals surface area contributed by atoms with Crippen molar-refractivity contribution in [2.45, 2.75) is 19.9 Å². The Bertz CT molecular complexity index is 653. The molecule has 0 bridgehead atoms. The van der Waals surface area contributed by atoms with Crippen molar-refractivity contribution in [2.24, 2.45) is 5.92 Å². The van der Waals surface area contributed by atoms with Crippen molar-refractivity contribution in [3.05, 3.63) is 70.7 Å². The van der Waals surface area contributed by atoms with Crippen LogP contribution in [0.15, 0.2) is 54.6 Å². The third-order valence-electron chi connectivity index (χ3n) is 3.69. The van der Waals surface area contributed by atoms with Crippen molar-refractivity contribution >= 4 is 23.3 Å². The molecule has 0 spiro atoms. The molecule has 2 aromatic rings. The van der Waals surface area contributed by atoms with Gasteiger partial charge in [0.15, 0.2) is 5.78 Å². The Kier molecular flexibility index (Phi) is 5.34. The Hall–Kier alpha value is -2.13. The SMILES string of the molecule is CC(NC(=O)c1ccccc1)C(C)C(=O)c1ccc(Cl)cc1. The lowest BCUT2D eigenvalue weighted by Gasteiger charge is -2.20. The van der Waals surface area contributed by atoms with Gasteiger partial charge in [0.05, 0.1) is 0 Å². The number of carbonyl (C=O) groups excluding carboxylic acids is 2. The minimum atomic E-state index is -0.325. The van der Waals surface area contributed by atoms with Crippen LogP contribution in [0.2, 0.25) is 5.02 Å². The average Bonchev–Trinajstić information content (AvgIpc) is 2.55. The van der Waals surface area contributed by atoms with Gasteiger partial charge in [-0.3, -0.25) is 9.59 Å². The molecule has 0 saturated carbocycles. The fourth-order valence-corrected chi connectivity index (χ4v) is 2.23. The summed E-state index contributed by atoms with van der Waals surface area (Å²) in [6, 6.07) is 15.5. The highest BCUT2D eigenvalue weighted by Crippen LogP contribution is 2.16. The number of rotatable bonds is 5. The van der Waals surface area contributed by atoms with E-state index in [4.69, 9.17) is 11.6 Å². The van der Waals surface area contributed by atoms with Crippen molar-refractivity contribution in [3.63, 3.8) is 0 Å². The molecule has 2 aromatic carbocycles. The fourth-order valence-electron chi connectivity index (χ4n) is 2.11. The minimum Gasteiger partial charge on any atom is -0.349 e. The number of benzene rings is 2. The van der Waals surface area contributed by atoms with E-state index in [0.29, 0.717) is 16.1 Å². The van der Waals surface area contributed by atoms with E-state index in [0.717, 1.165) is 0 Å². The molecular weight excluding hydrogens is 298 g/mol. The average molecular weight is 316 g/mol. The zero-order valence-electron chi connectivity index (χ0n) is 12.5. The monoisotopic (exact) mass is 315 g/mol. The number of halogens is 1. The Morgan fingerprint density at radius 1 is 0.909 bits per heavy atom. The van der Waals surface area contributed by atoms with Crippen molar-refractivity contribution in [1.82, 2.24) is 5.32 Å². The number of ketones is 1. The van der Waals surface area contributed by atoms with Gasteiger partial charge in [-0.05, 0) is 43.3 Å². The second-order valence-electron chi connectivity index (χ2n) is 5.29. The summed E-state index contributed by atoms with van der Waals surface area (Å²) in [7, 11) is 0. The van der Waals surface area contributed by atoms with Gasteiger partial charge in [-0.1, -0.05) is 36.7 Å². The second kappa shape index (κ2) is 7.23. The van der Waals surface area contributed by atoms with Gasteiger partial charge in [-0.15, -0.1) is 0 Å². The molecule has 1 N–H and O–H groups in total. The molecule has 0 saturated heterocycles. The third kappa shape index (κ3) is 3.95. The molecule has 0 aliphatic rings. The van der Waals surface area contributed by atoms with E-state index in [2.05, 4.69) is 5.32 Å². The molecular formula is C18H18ClNO2. The van der Waals surface area contributed by atoms with Gasteiger partial charge < -0.3 is 5.32 Å². The van der Waals surface area contributed by atoms with Crippen LogP contribution in [0.25, 0.3) is 0 Å². The molecule has 0 aliphatic carbocycles. The Labute approximate surface area is 135 Å². The van der Waals surface area contributed by atoms with Crippen LogP contribution in [-0.4, -0.2) is 17.7 Å². The number of hydrogen-bond acceptors (Lipinski definition) is 2. The maximum absolute atomic E-state index is 12.4. The fraction of sp³-hybridized carbons (Fsp3) is 0.222. The van der Waals surface area contributed by atoms with E-state index in [1.807, 2.05) is 32.0 Å². The van der Waals surface area contributed by atoms with Gasteiger partial charge in [0, 0.05) is 28.1 Å². The first kappa shape index (κ1) is 16.2. The van der Waals surface area contributed by atoms with Gasteiger partial charge in [0.25, 0.3) is 5.91 Å². The summed E-state index contributed by atoms with van der Waals surface area (Å²) in [4.78, 5) is 24.5. The van der Waals surface area contributed by atoms with Crippen LogP contribution in [0.1, 0.15) is 34.6 Å². The maximum atomic E-state index is 12.4. The topological polar surface area (TPSA) is 46.2 Å². The largest absolute Gasteiger partial charge is 0.349 e. The zero-order valence-corrected chi connectivity index (χ0v) is 13.3. The van der Waals surface area contributed by atoms with Gasteiger partial charge >= 0.3 is 0 Å². The number of nitrogens with one attached hydrogen (secondary N) is 1. The summed E-state index contributed by atoms with van der Waals surface area (Å²) in [6.07, 6.45) is 0. The van der Waals surface area contributed by atoms with Gasteiger partial charge in [0.1, 0.15) is 0 Å². The number of carbonyl (C=O) groups is 2. The van der Waals surface area contributed by atoms with E-state index in [1.54, 1.807) is 36.4 Å². The highest BCUT2D eigenvalue weighted by molar-refractivity contribution is 6.30. The molecule has 0 aliphatic heterocycles. The first-order valence-electron chi connectivity index (χ1n) is 7.14.